The number of nitrogens with two attached hydrogens (primary N) is 1. The highest BCUT2D eigenvalue weighted by molar-refractivity contribution is 5.18. The first-order chi connectivity index (χ1) is 6.42. The second-order valence-electron chi connectivity index (χ2n) is 2.38. The summed E-state index contributed by atoms with van der Waals surface area (Å²) in [6, 6.07) is 6.75. The largest absolute Gasteiger partial charge is 0.387 e. The van der Waals surface area contributed by atoms with Gasteiger partial charge in [-0.05, 0) is 12.5 Å². The predicted octanol–water partition coefficient (Wildman–Crippen LogP) is 1.07. The lowest BCUT2D eigenvalue weighted by atomic mass is 10.0. The van der Waals surface area contributed by atoms with Crippen molar-refractivity contribution in [1.29, 1.82) is 1.43 Å². The summed E-state index contributed by atoms with van der Waals surface area (Å²) < 4.78 is 22.3. The summed E-state index contributed by atoms with van der Waals surface area (Å²) in [5, 5.41) is 4.29. The molecule has 2 atom stereocenters. The third-order valence-electron chi connectivity index (χ3n) is 1.39. The molecule has 0 fully saturated rings. The first-order valence-corrected chi connectivity index (χ1v) is 3.40. The lowest BCUT2D eigenvalue weighted by molar-refractivity contribution is 0.153. The lowest BCUT2D eigenvalue weighted by Gasteiger charge is -2.13. The van der Waals surface area contributed by atoms with Gasteiger partial charge in [0.1, 0.15) is 0 Å². The van der Waals surface area contributed by atoms with Crippen molar-refractivity contribution in [3.63, 3.8) is 0 Å². The third kappa shape index (κ3) is 2.03. The molecule has 0 amide bonds. The van der Waals surface area contributed by atoms with E-state index in [0.29, 0.717) is 5.56 Å². The minimum absolute atomic E-state index is 0.398. The highest BCUT2D eigenvalue weighted by Crippen LogP contribution is 2.13. The molecule has 11 heavy (non-hydrogen) atoms. The maximum atomic E-state index is 7.84. The van der Waals surface area contributed by atoms with Gasteiger partial charge in [0, 0.05) is 7.39 Å². The molecule has 3 N–H and O–H groups in total. The van der Waals surface area contributed by atoms with Crippen LogP contribution in [0.3, 0.4) is 0 Å². The molecule has 1 rings (SSSR count). The average molecular weight is 154 g/mol. The first-order valence-electron chi connectivity index (χ1n) is 4.81. The molecule has 2 nitrogen and oxygen atoms in total. The summed E-state index contributed by atoms with van der Waals surface area (Å²) in [7, 11) is 0. The summed E-state index contributed by atoms with van der Waals surface area (Å²) in [6.45, 7) is 1.33. The Labute approximate surface area is 71.0 Å². The highest BCUT2D eigenvalue weighted by Gasteiger charge is 2.10. The van der Waals surface area contributed by atoms with Crippen molar-refractivity contribution in [2.24, 2.45) is 5.73 Å². The van der Waals surface area contributed by atoms with Gasteiger partial charge in [0.2, 0.25) is 1.43 Å². The molecular weight excluding hydrogens is 138 g/mol. The van der Waals surface area contributed by atoms with E-state index in [2.05, 4.69) is 5.11 Å². The number of rotatable bonds is 3. The van der Waals surface area contributed by atoms with Crippen LogP contribution in [0.2, 0.25) is 0 Å². The fraction of sp³-hybridized carbons (Fsp3) is 0.333. The van der Waals surface area contributed by atoms with Gasteiger partial charge in [-0.15, -0.1) is 0 Å². The Bertz CT molecular complexity index is 299. The van der Waals surface area contributed by atoms with Crippen LogP contribution in [-0.2, 0) is 0 Å². The SMILES string of the molecule is [2H]OC([2H])(c1ccccc1)C([2H])(C)N. The van der Waals surface area contributed by atoms with E-state index >= 15 is 0 Å². The van der Waals surface area contributed by atoms with Crippen LogP contribution in [0.1, 0.15) is 21.3 Å². The molecule has 0 saturated carbocycles. The zero-order valence-electron chi connectivity index (χ0n) is 9.37. The van der Waals surface area contributed by atoms with Crippen LogP contribution in [0.5, 0.6) is 0 Å². The molecule has 0 aliphatic carbocycles. The molecule has 0 aromatic heterocycles. The van der Waals surface area contributed by atoms with Gasteiger partial charge in [-0.1, -0.05) is 30.3 Å². The number of hydrogen-bond donors (Lipinski definition) is 2. The van der Waals surface area contributed by atoms with Crippen molar-refractivity contribution in [1.82, 2.24) is 0 Å². The Kier molecular flexibility index (Phi) is 1.56. The Balaban J connectivity index is 3.15. The summed E-state index contributed by atoms with van der Waals surface area (Å²) >= 11 is 0. The second-order valence-corrected chi connectivity index (χ2v) is 2.38. The summed E-state index contributed by atoms with van der Waals surface area (Å²) in [4.78, 5) is 0. The molecule has 0 aliphatic rings. The van der Waals surface area contributed by atoms with Crippen LogP contribution in [0.15, 0.2) is 30.3 Å². The Morgan fingerprint density at radius 3 is 2.64 bits per heavy atom. The van der Waals surface area contributed by atoms with Crippen LogP contribution >= 0.6 is 0 Å². The van der Waals surface area contributed by atoms with E-state index in [0.717, 1.165) is 0 Å². The number of hydrogen-bond acceptors (Lipinski definition) is 2. The van der Waals surface area contributed by atoms with Crippen molar-refractivity contribution in [3.05, 3.63) is 35.9 Å². The van der Waals surface area contributed by atoms with E-state index in [1.54, 1.807) is 30.3 Å². The van der Waals surface area contributed by atoms with Crippen molar-refractivity contribution in [3.8, 4) is 0 Å². The van der Waals surface area contributed by atoms with Crippen LogP contribution in [0, 0.1) is 0 Å². The maximum Gasteiger partial charge on any atom is 0.211 e. The normalized spacial score (nSPS) is 25.5. The monoisotopic (exact) mass is 154 g/mol. The standard InChI is InChI=1S/C9H13NO/c1-7(10)9(11)8-5-3-2-4-6-8/h2-7,9,11H,10H2,1H3/i7D,9D,11D. The fourth-order valence-corrected chi connectivity index (χ4v) is 0.817. The summed E-state index contributed by atoms with van der Waals surface area (Å²) in [5.74, 6) is 0. The Hall–Kier alpha value is -0.860. The van der Waals surface area contributed by atoms with Gasteiger partial charge < -0.3 is 10.8 Å². The number of benzene rings is 1. The minimum atomic E-state index is -1.87. The van der Waals surface area contributed by atoms with Gasteiger partial charge in [-0.25, -0.2) is 0 Å². The smallest absolute Gasteiger partial charge is 0.211 e. The zero-order chi connectivity index (χ0) is 10.8. The van der Waals surface area contributed by atoms with E-state index in [9.17, 15) is 0 Å². The van der Waals surface area contributed by atoms with E-state index in [1.807, 2.05) is 0 Å². The van der Waals surface area contributed by atoms with Gasteiger partial charge in [-0.3, -0.25) is 0 Å². The fourth-order valence-electron chi connectivity index (χ4n) is 0.817. The van der Waals surface area contributed by atoms with Gasteiger partial charge in [0.15, 0.2) is 0 Å². The molecule has 0 radical (unpaired) electrons. The van der Waals surface area contributed by atoms with Crippen LogP contribution in [0.4, 0.5) is 0 Å². The molecule has 1 aromatic rings. The van der Waals surface area contributed by atoms with E-state index in [4.69, 9.17) is 9.91 Å². The van der Waals surface area contributed by atoms with Crippen molar-refractivity contribution in [2.45, 2.75) is 19.0 Å². The predicted molar refractivity (Wildman–Crippen MR) is 45.1 cm³/mol. The van der Waals surface area contributed by atoms with E-state index < -0.39 is 12.1 Å². The molecule has 0 aliphatic heterocycles. The van der Waals surface area contributed by atoms with Crippen molar-refractivity contribution >= 4 is 0 Å². The minimum Gasteiger partial charge on any atom is -0.387 e. The third-order valence-corrected chi connectivity index (χ3v) is 1.39. The maximum absolute atomic E-state index is 7.84. The summed E-state index contributed by atoms with van der Waals surface area (Å²) in [6.07, 6.45) is -1.87. The molecule has 0 heterocycles. The van der Waals surface area contributed by atoms with Crippen molar-refractivity contribution < 1.29 is 7.85 Å². The van der Waals surface area contributed by atoms with Crippen LogP contribution in [0.25, 0.3) is 0 Å². The topological polar surface area (TPSA) is 46.2 Å². The molecular formula is C9H13NO. The molecule has 0 bridgehead atoms. The van der Waals surface area contributed by atoms with E-state index in [1.165, 1.54) is 6.92 Å². The van der Waals surface area contributed by atoms with Crippen LogP contribution < -0.4 is 5.73 Å². The molecule has 2 heteroatoms. The quantitative estimate of drug-likeness (QED) is 0.684. The molecule has 1 aromatic carbocycles. The van der Waals surface area contributed by atoms with Crippen molar-refractivity contribution in [2.75, 3.05) is 0 Å². The van der Waals surface area contributed by atoms with Gasteiger partial charge in [-0.2, -0.15) is 0 Å². The second kappa shape index (κ2) is 3.51. The Morgan fingerprint density at radius 1 is 1.55 bits per heavy atom. The lowest BCUT2D eigenvalue weighted by Crippen LogP contribution is -2.24. The van der Waals surface area contributed by atoms with Crippen LogP contribution in [-0.4, -0.2) is 12.6 Å². The number of aliphatic hydroxyl groups is 1. The molecule has 0 saturated heterocycles. The van der Waals surface area contributed by atoms with Gasteiger partial charge >= 0.3 is 0 Å². The molecule has 2 unspecified atom stereocenters. The zero-order valence-corrected chi connectivity index (χ0v) is 6.37. The van der Waals surface area contributed by atoms with Gasteiger partial charge in [0.05, 0.1) is 7.45 Å². The first kappa shape index (κ1) is 4.91. The van der Waals surface area contributed by atoms with Gasteiger partial charge in [0.25, 0.3) is 0 Å². The summed E-state index contributed by atoms with van der Waals surface area (Å²) in [5.41, 5.74) is 5.89. The van der Waals surface area contributed by atoms with E-state index in [-0.39, 0.29) is 0 Å². The average Bonchev–Trinajstić information content (AvgIpc) is 2.16. The molecule has 60 valence electrons. The Morgan fingerprint density at radius 2 is 2.18 bits per heavy atom. The molecule has 0 spiro atoms. The highest BCUT2D eigenvalue weighted by atomic mass is 16.3.